The molecule has 1 amide bonds. The average Bonchev–Trinajstić information content (AvgIpc) is 2.58. The van der Waals surface area contributed by atoms with Gasteiger partial charge in [0.1, 0.15) is 4.90 Å². The van der Waals surface area contributed by atoms with E-state index in [4.69, 9.17) is 9.56 Å². The number of hydrogen-bond donors (Lipinski definition) is 2. The van der Waals surface area contributed by atoms with Gasteiger partial charge in [-0.25, -0.2) is 13.6 Å². The maximum absolute atomic E-state index is 11.8. The van der Waals surface area contributed by atoms with E-state index in [1.54, 1.807) is 6.92 Å². The first-order valence-corrected chi connectivity index (χ1v) is 9.11. The van der Waals surface area contributed by atoms with Gasteiger partial charge in [0, 0.05) is 34.9 Å². The summed E-state index contributed by atoms with van der Waals surface area (Å²) in [5.74, 6) is -0.506. The minimum absolute atomic E-state index is 0.133. The number of nitrogens with two attached hydrogens (primary N) is 1. The first kappa shape index (κ1) is 16.3. The highest BCUT2D eigenvalue weighted by Crippen LogP contribution is 2.25. The summed E-state index contributed by atoms with van der Waals surface area (Å²) in [6.45, 7) is 1.68. The second-order valence-electron chi connectivity index (χ2n) is 3.91. The Kier molecular flexibility index (Phi) is 5.30. The first-order chi connectivity index (χ1) is 8.61. The van der Waals surface area contributed by atoms with E-state index in [2.05, 4.69) is 21.2 Å². The smallest absolute Gasteiger partial charge is 0.287 e. The number of nitrogens with one attached hydrogen (secondary N) is 1. The van der Waals surface area contributed by atoms with E-state index in [-0.39, 0.29) is 27.1 Å². The normalized spacial score (nSPS) is 14.9. The molecule has 1 aromatic rings. The summed E-state index contributed by atoms with van der Waals surface area (Å²) in [4.78, 5) is 11.5. The van der Waals surface area contributed by atoms with Gasteiger partial charge in [-0.05, 0) is 22.9 Å². The second kappa shape index (κ2) is 6.16. The van der Waals surface area contributed by atoms with Crippen molar-refractivity contribution in [3.05, 3.63) is 16.5 Å². The summed E-state index contributed by atoms with van der Waals surface area (Å²) in [6, 6.07) is 0.699. The Morgan fingerprint density at radius 2 is 2.21 bits per heavy atom. The summed E-state index contributed by atoms with van der Waals surface area (Å²) in [7, 11) is -5.02. The van der Waals surface area contributed by atoms with Gasteiger partial charge in [-0.3, -0.25) is 9.00 Å². The van der Waals surface area contributed by atoms with Crippen molar-refractivity contribution in [2.75, 3.05) is 12.0 Å². The van der Waals surface area contributed by atoms with Crippen LogP contribution in [0.2, 0.25) is 0 Å². The van der Waals surface area contributed by atoms with E-state index in [0.29, 0.717) is 0 Å². The quantitative estimate of drug-likeness (QED) is 0.763. The molecule has 0 spiro atoms. The number of furan rings is 1. The van der Waals surface area contributed by atoms with E-state index >= 15 is 0 Å². The van der Waals surface area contributed by atoms with Crippen molar-refractivity contribution in [2.45, 2.75) is 17.9 Å². The van der Waals surface area contributed by atoms with Crippen molar-refractivity contribution in [3.8, 4) is 0 Å². The minimum Gasteiger partial charge on any atom is -0.443 e. The molecule has 0 bridgehead atoms. The molecule has 10 heteroatoms. The van der Waals surface area contributed by atoms with Crippen LogP contribution in [0.3, 0.4) is 0 Å². The Labute approximate surface area is 121 Å². The summed E-state index contributed by atoms with van der Waals surface area (Å²) in [5, 5.41) is 7.49. The van der Waals surface area contributed by atoms with Crippen LogP contribution in [-0.2, 0) is 20.8 Å². The first-order valence-electron chi connectivity index (χ1n) is 5.04. The Hall–Kier alpha value is -0.710. The zero-order chi connectivity index (χ0) is 14.8. The van der Waals surface area contributed by atoms with E-state index in [0.717, 1.165) is 6.07 Å². The Balaban J connectivity index is 2.88. The zero-order valence-corrected chi connectivity index (χ0v) is 13.4. The minimum atomic E-state index is -3.96. The van der Waals surface area contributed by atoms with Crippen LogP contribution in [0.25, 0.3) is 0 Å². The Bertz CT molecular complexity index is 610. The molecule has 1 aromatic heterocycles. The number of hydrogen-bond acceptors (Lipinski definition) is 5. The zero-order valence-electron chi connectivity index (χ0n) is 10.2. The van der Waals surface area contributed by atoms with Gasteiger partial charge in [0.2, 0.25) is 10.0 Å². The lowest BCUT2D eigenvalue weighted by molar-refractivity contribution is 0.0914. The molecule has 3 N–H and O–H groups in total. The molecule has 0 saturated carbocycles. The largest absolute Gasteiger partial charge is 0.443 e. The molecule has 0 aliphatic carbocycles. The fourth-order valence-electron chi connectivity index (χ4n) is 1.35. The standard InChI is InChI=1S/C9H13BrN2O5S2/c1-5(4-18(2)14)12-9(13)6-3-7(8(10)17-6)19(11,15)16/h3,5H,4H2,1-2H3,(H,12,13)(H2,11,15,16). The number of rotatable bonds is 5. The van der Waals surface area contributed by atoms with Crippen LogP contribution in [0, 0.1) is 0 Å². The Morgan fingerprint density at radius 3 is 2.63 bits per heavy atom. The molecule has 0 fully saturated rings. The van der Waals surface area contributed by atoms with Gasteiger partial charge in [0.05, 0.1) is 0 Å². The average molecular weight is 373 g/mol. The van der Waals surface area contributed by atoms with E-state index in [9.17, 15) is 17.4 Å². The van der Waals surface area contributed by atoms with Crippen molar-refractivity contribution >= 4 is 42.7 Å². The van der Waals surface area contributed by atoms with E-state index in [1.165, 1.54) is 6.26 Å². The molecule has 19 heavy (non-hydrogen) atoms. The molecule has 2 unspecified atom stereocenters. The summed E-state index contributed by atoms with van der Waals surface area (Å²) >= 11 is 2.87. The maximum atomic E-state index is 11.8. The lowest BCUT2D eigenvalue weighted by Crippen LogP contribution is -2.36. The highest BCUT2D eigenvalue weighted by atomic mass is 79.9. The molecular formula is C9H13BrN2O5S2. The van der Waals surface area contributed by atoms with Crippen molar-refractivity contribution in [1.29, 1.82) is 0 Å². The second-order valence-corrected chi connectivity index (χ2v) is 7.64. The van der Waals surface area contributed by atoms with Crippen molar-refractivity contribution in [1.82, 2.24) is 5.32 Å². The molecule has 1 heterocycles. The fraction of sp³-hybridized carbons (Fsp3) is 0.444. The summed E-state index contributed by atoms with van der Waals surface area (Å²) in [6.07, 6.45) is 1.52. The molecule has 0 radical (unpaired) electrons. The predicted octanol–water partition coefficient (Wildman–Crippen LogP) is 0.186. The third-order valence-electron chi connectivity index (χ3n) is 2.05. The number of amides is 1. The highest BCUT2D eigenvalue weighted by Gasteiger charge is 2.22. The lowest BCUT2D eigenvalue weighted by atomic mass is 10.3. The lowest BCUT2D eigenvalue weighted by Gasteiger charge is -2.10. The Morgan fingerprint density at radius 1 is 1.63 bits per heavy atom. The van der Waals surface area contributed by atoms with Gasteiger partial charge in [-0.15, -0.1) is 0 Å². The number of halogens is 1. The third kappa shape index (κ3) is 4.71. The van der Waals surface area contributed by atoms with Crippen LogP contribution in [-0.4, -0.2) is 36.6 Å². The van der Waals surface area contributed by atoms with Crippen LogP contribution in [0.4, 0.5) is 0 Å². The third-order valence-corrected chi connectivity index (χ3v) is 4.79. The van der Waals surface area contributed by atoms with Crippen LogP contribution in [0.15, 0.2) is 20.0 Å². The monoisotopic (exact) mass is 372 g/mol. The van der Waals surface area contributed by atoms with Crippen LogP contribution < -0.4 is 10.5 Å². The van der Waals surface area contributed by atoms with Gasteiger partial charge >= 0.3 is 0 Å². The van der Waals surface area contributed by atoms with Crippen LogP contribution in [0.1, 0.15) is 17.5 Å². The number of primary sulfonamides is 1. The van der Waals surface area contributed by atoms with Gasteiger partial charge in [0.15, 0.2) is 10.4 Å². The summed E-state index contributed by atoms with van der Waals surface area (Å²) < 4.78 is 38.2. The van der Waals surface area contributed by atoms with Crippen molar-refractivity contribution in [3.63, 3.8) is 0 Å². The predicted molar refractivity (Wildman–Crippen MR) is 73.6 cm³/mol. The molecule has 1 rings (SSSR count). The van der Waals surface area contributed by atoms with Crippen LogP contribution in [0.5, 0.6) is 0 Å². The van der Waals surface area contributed by atoms with Gasteiger partial charge in [-0.2, -0.15) is 0 Å². The topological polar surface area (TPSA) is 119 Å². The maximum Gasteiger partial charge on any atom is 0.287 e. The number of carbonyl (C=O) groups excluding carboxylic acids is 1. The van der Waals surface area contributed by atoms with Crippen molar-refractivity contribution in [2.24, 2.45) is 5.14 Å². The highest BCUT2D eigenvalue weighted by molar-refractivity contribution is 9.10. The van der Waals surface area contributed by atoms with Gasteiger partial charge in [0.25, 0.3) is 5.91 Å². The molecule has 108 valence electrons. The van der Waals surface area contributed by atoms with Crippen LogP contribution >= 0.6 is 15.9 Å². The summed E-state index contributed by atoms with van der Waals surface area (Å²) in [5.41, 5.74) is 0. The van der Waals surface area contributed by atoms with Gasteiger partial charge < -0.3 is 9.73 Å². The number of sulfonamides is 1. The molecule has 0 aliphatic heterocycles. The molecule has 0 saturated heterocycles. The van der Waals surface area contributed by atoms with E-state index < -0.39 is 26.7 Å². The molecule has 7 nitrogen and oxygen atoms in total. The number of carbonyl (C=O) groups is 1. The fourth-order valence-corrected chi connectivity index (χ4v) is 3.64. The molecule has 0 aromatic carbocycles. The van der Waals surface area contributed by atoms with E-state index in [1.807, 2.05) is 0 Å². The molecule has 0 aliphatic rings. The molecular weight excluding hydrogens is 360 g/mol. The van der Waals surface area contributed by atoms with Gasteiger partial charge in [-0.1, -0.05) is 0 Å². The SMILES string of the molecule is CC(CS(C)=O)NC(=O)c1cc(S(N)(=O)=O)c(Br)o1. The van der Waals surface area contributed by atoms with Crippen molar-refractivity contribution < 1.29 is 21.8 Å². The molecule has 2 atom stereocenters.